The Bertz CT molecular complexity index is 498. The fourth-order valence-corrected chi connectivity index (χ4v) is 0.546. The van der Waals surface area contributed by atoms with E-state index in [1.54, 1.807) is 0 Å². The van der Waals surface area contributed by atoms with Crippen LogP contribution in [0.5, 0.6) is 0 Å². The summed E-state index contributed by atoms with van der Waals surface area (Å²) in [4.78, 5) is 6.91. The topological polar surface area (TPSA) is 25.8 Å². The van der Waals surface area contributed by atoms with E-state index >= 15 is 0 Å². The van der Waals surface area contributed by atoms with Gasteiger partial charge in [-0.05, 0) is 22.3 Å². The van der Waals surface area contributed by atoms with Crippen LogP contribution in [0.1, 0.15) is 31.3 Å². The van der Waals surface area contributed by atoms with Gasteiger partial charge in [-0.3, -0.25) is 4.98 Å². The summed E-state index contributed by atoms with van der Waals surface area (Å²) in [5.74, 6) is 0. The van der Waals surface area contributed by atoms with Crippen molar-refractivity contribution < 1.29 is 12.3 Å². The Balaban J connectivity index is 3.48. The first kappa shape index (κ1) is 2.03. The standard InChI is InChI=1S/C7H9BrN2/c1-2-3-6-4-10-7(8)5-9-6/h4-5H,2-3H2,1H3/i1D3,2D2,3D2,4D,5D. The molecule has 0 spiro atoms. The summed E-state index contributed by atoms with van der Waals surface area (Å²) < 4.78 is 66.1. The van der Waals surface area contributed by atoms with Crippen LogP contribution < -0.4 is 0 Å². The fourth-order valence-electron chi connectivity index (χ4n) is 0.369. The van der Waals surface area contributed by atoms with Gasteiger partial charge in [0.2, 0.25) is 0 Å². The second kappa shape index (κ2) is 3.66. The molecule has 0 aliphatic carbocycles. The van der Waals surface area contributed by atoms with Crippen LogP contribution in [0.3, 0.4) is 0 Å². The lowest BCUT2D eigenvalue weighted by molar-refractivity contribution is 0.867. The zero-order chi connectivity index (χ0) is 15.2. The van der Waals surface area contributed by atoms with Crippen molar-refractivity contribution in [3.8, 4) is 0 Å². The Kier molecular flexibility index (Phi) is 0.744. The van der Waals surface area contributed by atoms with Gasteiger partial charge < -0.3 is 0 Å². The highest BCUT2D eigenvalue weighted by Crippen LogP contribution is 2.03. The maximum absolute atomic E-state index is 7.64. The molecule has 54 valence electrons. The molecule has 1 heterocycles. The summed E-state index contributed by atoms with van der Waals surface area (Å²) in [5.41, 5.74) is -0.818. The van der Waals surface area contributed by atoms with E-state index in [0.717, 1.165) is 0 Å². The van der Waals surface area contributed by atoms with Crippen molar-refractivity contribution >= 4 is 15.9 Å². The lowest BCUT2D eigenvalue weighted by atomic mass is 10.3. The van der Waals surface area contributed by atoms with Gasteiger partial charge in [-0.25, -0.2) is 4.98 Å². The third-order valence-electron chi connectivity index (χ3n) is 0.701. The summed E-state index contributed by atoms with van der Waals surface area (Å²) in [6.45, 7) is -3.25. The molecule has 0 amide bonds. The first-order valence-electron chi connectivity index (χ1n) is 6.83. The molecule has 3 heteroatoms. The SMILES string of the molecule is [2H]c1nc(C([2H])([2H])C([2H])([2H])C([2H])([2H])[2H])c([2H])nc1Br. The molecule has 1 aromatic rings. The van der Waals surface area contributed by atoms with Crippen LogP contribution in [0.25, 0.3) is 0 Å². The molecule has 0 aliphatic heterocycles. The average Bonchev–Trinajstić information content (AvgIpc) is 2.21. The van der Waals surface area contributed by atoms with Crippen molar-refractivity contribution in [1.29, 1.82) is 0 Å². The summed E-state index contributed by atoms with van der Waals surface area (Å²) in [7, 11) is 0. The molecule has 0 N–H and O–H groups in total. The number of hydrogen-bond donors (Lipinski definition) is 0. The third kappa shape index (κ3) is 2.06. The van der Waals surface area contributed by atoms with E-state index in [2.05, 4.69) is 25.9 Å². The van der Waals surface area contributed by atoms with Gasteiger partial charge in [-0.15, -0.1) is 0 Å². The predicted octanol–water partition coefficient (Wildman–Crippen LogP) is 2.19. The van der Waals surface area contributed by atoms with Gasteiger partial charge in [0.15, 0.2) is 0 Å². The van der Waals surface area contributed by atoms with Gasteiger partial charge in [-0.1, -0.05) is 13.2 Å². The average molecular weight is 210 g/mol. The van der Waals surface area contributed by atoms with E-state index in [1.165, 1.54) is 0 Å². The van der Waals surface area contributed by atoms with Gasteiger partial charge in [-0.2, -0.15) is 0 Å². The number of rotatable bonds is 2. The van der Waals surface area contributed by atoms with Crippen molar-refractivity contribution in [1.82, 2.24) is 9.97 Å². The normalized spacial score (nSPS) is 27.1. The van der Waals surface area contributed by atoms with Gasteiger partial charge in [0.05, 0.1) is 14.6 Å². The van der Waals surface area contributed by atoms with E-state index < -0.39 is 37.6 Å². The van der Waals surface area contributed by atoms with E-state index in [9.17, 15) is 0 Å². The fraction of sp³-hybridized carbons (Fsp3) is 0.429. The van der Waals surface area contributed by atoms with Crippen molar-refractivity contribution in [3.05, 3.63) is 22.6 Å². The van der Waals surface area contributed by atoms with Gasteiger partial charge in [0.1, 0.15) is 4.60 Å². The van der Waals surface area contributed by atoms with Crippen LogP contribution in [0.4, 0.5) is 0 Å². The highest BCUT2D eigenvalue weighted by atomic mass is 79.9. The molecule has 0 atom stereocenters. The summed E-state index contributed by atoms with van der Waals surface area (Å²) in [6, 6.07) is 0. The molecule has 2 nitrogen and oxygen atoms in total. The minimum absolute atomic E-state index is 0.105. The number of nitrogens with zero attached hydrogens (tertiary/aromatic N) is 2. The highest BCUT2D eigenvalue weighted by molar-refractivity contribution is 9.10. The lowest BCUT2D eigenvalue weighted by Crippen LogP contribution is -1.89. The molecule has 1 rings (SSSR count). The van der Waals surface area contributed by atoms with E-state index in [1.807, 2.05) is 0 Å². The van der Waals surface area contributed by atoms with Crippen LogP contribution in [-0.2, 0) is 6.37 Å². The molecule has 0 aromatic carbocycles. The Morgan fingerprint density at radius 2 is 2.70 bits per heavy atom. The number of hydrogen-bond acceptors (Lipinski definition) is 2. The van der Waals surface area contributed by atoms with Crippen molar-refractivity contribution in [2.45, 2.75) is 19.6 Å². The highest BCUT2D eigenvalue weighted by Gasteiger charge is 1.91. The van der Waals surface area contributed by atoms with E-state index in [0.29, 0.717) is 0 Å². The molecule has 0 saturated carbocycles. The van der Waals surface area contributed by atoms with Crippen LogP contribution in [-0.4, -0.2) is 9.97 Å². The Hall–Kier alpha value is -0.440. The second-order valence-electron chi connectivity index (χ2n) is 1.34. The maximum Gasteiger partial charge on any atom is 0.124 e. The molecule has 10 heavy (non-hydrogen) atoms. The first-order chi connectivity index (χ1) is 8.32. The zero-order valence-electron chi connectivity index (χ0n) is 13.8. The minimum atomic E-state index is -3.27. The largest absolute Gasteiger partial charge is 0.257 e. The van der Waals surface area contributed by atoms with E-state index in [4.69, 9.17) is 12.3 Å². The quantitative estimate of drug-likeness (QED) is 0.747. The van der Waals surface area contributed by atoms with Crippen LogP contribution in [0.15, 0.2) is 16.9 Å². The molecular formula is C7H9BrN2. The first-order valence-corrected chi connectivity index (χ1v) is 3.13. The Morgan fingerprint density at radius 3 is 3.50 bits per heavy atom. The maximum atomic E-state index is 7.64. The van der Waals surface area contributed by atoms with Gasteiger partial charge >= 0.3 is 0 Å². The van der Waals surface area contributed by atoms with Gasteiger partial charge in [0, 0.05) is 15.8 Å². The Morgan fingerprint density at radius 1 is 1.80 bits per heavy atom. The zero-order valence-corrected chi connectivity index (χ0v) is 6.36. The van der Waals surface area contributed by atoms with Crippen LogP contribution >= 0.6 is 15.9 Å². The molecule has 0 fully saturated rings. The lowest BCUT2D eigenvalue weighted by Gasteiger charge is -1.94. The number of aromatic nitrogens is 2. The third-order valence-corrected chi connectivity index (χ3v) is 1.06. The smallest absolute Gasteiger partial charge is 0.124 e. The van der Waals surface area contributed by atoms with Crippen molar-refractivity contribution in [2.24, 2.45) is 0 Å². The van der Waals surface area contributed by atoms with Crippen molar-refractivity contribution in [2.75, 3.05) is 0 Å². The second-order valence-corrected chi connectivity index (χ2v) is 2.09. The molecule has 0 aliphatic rings. The predicted molar refractivity (Wildman–Crippen MR) is 43.7 cm³/mol. The minimum Gasteiger partial charge on any atom is -0.257 e. The molecule has 0 unspecified atom stereocenters. The number of aryl methyl sites for hydroxylation is 1. The van der Waals surface area contributed by atoms with Crippen LogP contribution in [0.2, 0.25) is 0 Å². The monoisotopic (exact) mass is 209 g/mol. The van der Waals surface area contributed by atoms with Crippen LogP contribution in [0, 0.1) is 0 Å². The summed E-state index contributed by atoms with van der Waals surface area (Å²) in [5, 5.41) is 0. The van der Waals surface area contributed by atoms with Crippen molar-refractivity contribution in [3.63, 3.8) is 0 Å². The summed E-state index contributed by atoms with van der Waals surface area (Å²) >= 11 is 2.83. The Labute approximate surface area is 81.5 Å². The molecular weight excluding hydrogens is 192 g/mol. The summed E-state index contributed by atoms with van der Waals surface area (Å²) in [6.07, 6.45) is -7.58. The molecule has 0 saturated heterocycles. The van der Waals surface area contributed by atoms with Gasteiger partial charge in [0.25, 0.3) is 0 Å². The molecule has 0 radical (unpaired) electrons. The van der Waals surface area contributed by atoms with E-state index in [-0.39, 0.29) is 4.60 Å². The molecule has 1 aromatic heterocycles. The number of halogens is 1. The molecule has 0 bridgehead atoms.